The van der Waals surface area contributed by atoms with Gasteiger partial charge in [-0.15, -0.1) is 0 Å². The lowest BCUT2D eigenvalue weighted by atomic mass is 10.1. The summed E-state index contributed by atoms with van der Waals surface area (Å²) in [6.45, 7) is 9.08. The molecule has 3 N–H and O–H groups in total. The summed E-state index contributed by atoms with van der Waals surface area (Å²) in [7, 11) is 0. The summed E-state index contributed by atoms with van der Waals surface area (Å²) in [5.74, 6) is 1.32. The van der Waals surface area contributed by atoms with Gasteiger partial charge in [-0.25, -0.2) is 0 Å². The van der Waals surface area contributed by atoms with Gasteiger partial charge in [0.1, 0.15) is 0 Å². The van der Waals surface area contributed by atoms with Gasteiger partial charge in [-0.1, -0.05) is 13.8 Å². The normalized spacial score (nSPS) is 19.2. The quantitative estimate of drug-likeness (QED) is 0.770. The summed E-state index contributed by atoms with van der Waals surface area (Å²) in [4.78, 5) is 14.7. The second-order valence-electron chi connectivity index (χ2n) is 5.08. The minimum Gasteiger partial charge on any atom is -0.463 e. The number of hydrogen-bond donors (Lipinski definition) is 2. The minimum absolute atomic E-state index is 0.190. The first kappa shape index (κ1) is 14.8. The summed E-state index contributed by atoms with van der Waals surface area (Å²) in [6.07, 6.45) is 2.11. The molecule has 1 saturated heterocycles. The predicted octanol–water partition coefficient (Wildman–Crippen LogP) is 0.996. The highest BCUT2D eigenvalue weighted by atomic mass is 16.5. The number of anilines is 2. The zero-order chi connectivity index (χ0) is 14.4. The molecule has 1 aromatic rings. The van der Waals surface area contributed by atoms with Gasteiger partial charge < -0.3 is 20.7 Å². The summed E-state index contributed by atoms with van der Waals surface area (Å²) >= 11 is 0. The van der Waals surface area contributed by atoms with E-state index in [0.717, 1.165) is 26.1 Å². The molecule has 1 fully saturated rings. The zero-order valence-corrected chi connectivity index (χ0v) is 12.3. The van der Waals surface area contributed by atoms with E-state index in [4.69, 9.17) is 10.5 Å². The Morgan fingerprint density at radius 3 is 2.90 bits per heavy atom. The van der Waals surface area contributed by atoms with Gasteiger partial charge in [0.15, 0.2) is 0 Å². The highest BCUT2D eigenvalue weighted by Crippen LogP contribution is 2.16. The molecular weight excluding hydrogens is 256 g/mol. The molecule has 0 radical (unpaired) electrons. The fraction of sp³-hybridized carbons (Fsp3) is 0.769. The number of rotatable bonds is 7. The number of hydrogen-bond acceptors (Lipinski definition) is 7. The van der Waals surface area contributed by atoms with Gasteiger partial charge in [0.2, 0.25) is 11.9 Å². The zero-order valence-electron chi connectivity index (χ0n) is 12.3. The molecule has 7 nitrogen and oxygen atoms in total. The van der Waals surface area contributed by atoms with Crippen molar-refractivity contribution in [3.63, 3.8) is 0 Å². The SMILES string of the molecule is CCCOc1nc(N)nc(NCC2CCN(CC)C2)n1. The van der Waals surface area contributed by atoms with Gasteiger partial charge in [0.05, 0.1) is 6.61 Å². The van der Waals surface area contributed by atoms with E-state index in [1.165, 1.54) is 13.0 Å². The number of aromatic nitrogens is 3. The second-order valence-corrected chi connectivity index (χ2v) is 5.08. The molecule has 2 rings (SSSR count). The highest BCUT2D eigenvalue weighted by Gasteiger charge is 2.21. The Morgan fingerprint density at radius 2 is 2.20 bits per heavy atom. The first-order valence-electron chi connectivity index (χ1n) is 7.31. The molecule has 1 unspecified atom stereocenters. The molecule has 0 spiro atoms. The number of nitrogen functional groups attached to an aromatic ring is 1. The predicted molar refractivity (Wildman–Crippen MR) is 78.7 cm³/mol. The molecule has 2 heterocycles. The van der Waals surface area contributed by atoms with E-state index in [1.54, 1.807) is 0 Å². The lowest BCUT2D eigenvalue weighted by Gasteiger charge is -2.14. The van der Waals surface area contributed by atoms with Crippen LogP contribution in [-0.4, -0.2) is 52.6 Å². The van der Waals surface area contributed by atoms with Crippen LogP contribution in [-0.2, 0) is 0 Å². The Morgan fingerprint density at radius 1 is 1.35 bits per heavy atom. The van der Waals surface area contributed by atoms with E-state index in [1.807, 2.05) is 6.92 Å². The van der Waals surface area contributed by atoms with Crippen LogP contribution in [0.1, 0.15) is 26.7 Å². The number of nitrogens with zero attached hydrogens (tertiary/aromatic N) is 4. The third-order valence-electron chi connectivity index (χ3n) is 3.43. The number of nitrogens with two attached hydrogens (primary N) is 1. The van der Waals surface area contributed by atoms with E-state index in [-0.39, 0.29) is 5.95 Å². The molecule has 1 aliphatic rings. The van der Waals surface area contributed by atoms with Crippen molar-refractivity contribution in [2.24, 2.45) is 5.92 Å². The fourth-order valence-electron chi connectivity index (χ4n) is 2.31. The van der Waals surface area contributed by atoms with E-state index in [2.05, 4.69) is 32.1 Å². The molecule has 1 aliphatic heterocycles. The maximum Gasteiger partial charge on any atom is 0.323 e. The van der Waals surface area contributed by atoms with Gasteiger partial charge in [0, 0.05) is 13.1 Å². The van der Waals surface area contributed by atoms with Crippen LogP contribution >= 0.6 is 0 Å². The lowest BCUT2D eigenvalue weighted by Crippen LogP contribution is -2.23. The summed E-state index contributed by atoms with van der Waals surface area (Å²) in [6, 6.07) is 0.295. The molecule has 20 heavy (non-hydrogen) atoms. The smallest absolute Gasteiger partial charge is 0.323 e. The molecule has 0 aromatic carbocycles. The molecule has 0 bridgehead atoms. The summed E-state index contributed by atoms with van der Waals surface area (Å²) in [5, 5.41) is 3.24. The summed E-state index contributed by atoms with van der Waals surface area (Å²) in [5.41, 5.74) is 5.67. The van der Waals surface area contributed by atoms with Crippen molar-refractivity contribution in [3.05, 3.63) is 0 Å². The van der Waals surface area contributed by atoms with E-state index < -0.39 is 0 Å². The average molecular weight is 280 g/mol. The van der Waals surface area contributed by atoms with Crippen LogP contribution in [0.3, 0.4) is 0 Å². The Labute approximate surface area is 119 Å². The van der Waals surface area contributed by atoms with Crippen LogP contribution in [0.5, 0.6) is 6.01 Å². The van der Waals surface area contributed by atoms with Gasteiger partial charge in [-0.2, -0.15) is 15.0 Å². The van der Waals surface area contributed by atoms with Gasteiger partial charge in [-0.3, -0.25) is 0 Å². The van der Waals surface area contributed by atoms with Crippen LogP contribution in [0.25, 0.3) is 0 Å². The monoisotopic (exact) mass is 280 g/mol. The van der Waals surface area contributed by atoms with Crippen LogP contribution < -0.4 is 15.8 Å². The number of ether oxygens (including phenoxy) is 1. The molecular formula is C13H24N6O. The second kappa shape index (κ2) is 7.23. The van der Waals surface area contributed by atoms with Crippen molar-refractivity contribution in [1.82, 2.24) is 19.9 Å². The summed E-state index contributed by atoms with van der Waals surface area (Å²) < 4.78 is 5.39. The Hall–Kier alpha value is -1.63. The third kappa shape index (κ3) is 4.19. The van der Waals surface area contributed by atoms with Crippen molar-refractivity contribution < 1.29 is 4.74 Å². The van der Waals surface area contributed by atoms with Crippen LogP contribution in [0, 0.1) is 5.92 Å². The van der Waals surface area contributed by atoms with Crippen LogP contribution in [0.15, 0.2) is 0 Å². The number of likely N-dealkylation sites (tertiary alicyclic amines) is 1. The van der Waals surface area contributed by atoms with E-state index in [9.17, 15) is 0 Å². The molecule has 112 valence electrons. The highest BCUT2D eigenvalue weighted by molar-refractivity contribution is 5.32. The van der Waals surface area contributed by atoms with Crippen molar-refractivity contribution in [3.8, 4) is 6.01 Å². The maximum atomic E-state index is 5.67. The Balaban J connectivity index is 1.87. The van der Waals surface area contributed by atoms with Crippen LogP contribution in [0.4, 0.5) is 11.9 Å². The van der Waals surface area contributed by atoms with Crippen LogP contribution in [0.2, 0.25) is 0 Å². The minimum atomic E-state index is 0.190. The molecule has 0 amide bonds. The van der Waals surface area contributed by atoms with Gasteiger partial charge >= 0.3 is 6.01 Å². The first-order valence-corrected chi connectivity index (χ1v) is 7.31. The van der Waals surface area contributed by atoms with E-state index in [0.29, 0.717) is 24.5 Å². The standard InChI is InChI=1S/C13H24N6O/c1-3-7-20-13-17-11(14)16-12(18-13)15-8-10-5-6-19(4-2)9-10/h10H,3-9H2,1-2H3,(H3,14,15,16,17,18). The first-order chi connectivity index (χ1) is 9.71. The largest absolute Gasteiger partial charge is 0.463 e. The maximum absolute atomic E-state index is 5.67. The van der Waals surface area contributed by atoms with Crippen molar-refractivity contribution in [2.45, 2.75) is 26.7 Å². The topological polar surface area (TPSA) is 89.2 Å². The molecule has 1 atom stereocenters. The lowest BCUT2D eigenvalue weighted by molar-refractivity contribution is 0.292. The average Bonchev–Trinajstić information content (AvgIpc) is 2.90. The van der Waals surface area contributed by atoms with E-state index >= 15 is 0 Å². The molecule has 0 aliphatic carbocycles. The third-order valence-corrected chi connectivity index (χ3v) is 3.43. The van der Waals surface area contributed by atoms with Crippen molar-refractivity contribution in [2.75, 3.05) is 43.8 Å². The van der Waals surface area contributed by atoms with Gasteiger partial charge in [-0.05, 0) is 31.8 Å². The Bertz CT molecular complexity index is 427. The Kier molecular flexibility index (Phi) is 5.34. The number of nitrogens with one attached hydrogen (secondary N) is 1. The van der Waals surface area contributed by atoms with Crippen molar-refractivity contribution >= 4 is 11.9 Å². The molecule has 0 saturated carbocycles. The molecule has 1 aromatic heterocycles. The van der Waals surface area contributed by atoms with Gasteiger partial charge in [0.25, 0.3) is 0 Å². The molecule has 7 heteroatoms. The fourth-order valence-corrected chi connectivity index (χ4v) is 2.31. The van der Waals surface area contributed by atoms with Crippen molar-refractivity contribution in [1.29, 1.82) is 0 Å².